The van der Waals surface area contributed by atoms with Crippen molar-refractivity contribution < 1.29 is 4.74 Å². The third-order valence-corrected chi connectivity index (χ3v) is 4.75. The summed E-state index contributed by atoms with van der Waals surface area (Å²) in [6, 6.07) is 0.382. The van der Waals surface area contributed by atoms with Crippen molar-refractivity contribution in [3.63, 3.8) is 0 Å². The van der Waals surface area contributed by atoms with Gasteiger partial charge in [0.25, 0.3) is 0 Å². The molecule has 3 nitrogen and oxygen atoms in total. The zero-order valence-electron chi connectivity index (χ0n) is 11.4. The highest BCUT2D eigenvalue weighted by Crippen LogP contribution is 2.21. The van der Waals surface area contributed by atoms with Crippen LogP contribution < -0.4 is 5.32 Å². The molecule has 18 heavy (non-hydrogen) atoms. The minimum atomic E-state index is 0.382. The maximum atomic E-state index is 5.91. The normalized spacial score (nSPS) is 19.0. The fraction of sp³-hybridized carbons (Fsp3) is 0.786. The van der Waals surface area contributed by atoms with Crippen molar-refractivity contribution in [1.29, 1.82) is 0 Å². The van der Waals surface area contributed by atoms with Gasteiger partial charge >= 0.3 is 0 Å². The summed E-state index contributed by atoms with van der Waals surface area (Å²) in [6.45, 7) is 6.02. The molecule has 0 aromatic carbocycles. The molecule has 2 rings (SSSR count). The second-order valence-corrected chi connectivity index (χ2v) is 5.99. The van der Waals surface area contributed by atoms with Crippen LogP contribution in [0.3, 0.4) is 0 Å². The number of hydrogen-bond donors (Lipinski definition) is 1. The monoisotopic (exact) mass is 268 g/mol. The van der Waals surface area contributed by atoms with E-state index in [0.717, 1.165) is 18.8 Å². The highest BCUT2D eigenvalue weighted by atomic mass is 32.1. The first-order chi connectivity index (χ1) is 8.77. The average Bonchev–Trinajstić information content (AvgIpc) is 2.82. The topological polar surface area (TPSA) is 34.2 Å². The van der Waals surface area contributed by atoms with Gasteiger partial charge < -0.3 is 10.1 Å². The third kappa shape index (κ3) is 4.04. The zero-order valence-corrected chi connectivity index (χ0v) is 12.3. The number of aryl methyl sites for hydroxylation is 1. The summed E-state index contributed by atoms with van der Waals surface area (Å²) in [6.07, 6.45) is 7.09. The molecule has 1 aromatic heterocycles. The number of aromatic nitrogens is 1. The van der Waals surface area contributed by atoms with Crippen LogP contribution in [-0.4, -0.2) is 24.2 Å². The van der Waals surface area contributed by atoms with Crippen LogP contribution >= 0.6 is 11.3 Å². The van der Waals surface area contributed by atoms with Gasteiger partial charge in [-0.2, -0.15) is 0 Å². The molecular formula is C14H24N2OS. The summed E-state index contributed by atoms with van der Waals surface area (Å²) in [5, 5.41) is 3.51. The standard InChI is InChI=1S/C14H24N2OS/c1-11(14-12(2)16-10-18-14)15-8-9-17-13-6-4-3-5-7-13/h10-11,13,15H,3-9H2,1-2H3. The van der Waals surface area contributed by atoms with Gasteiger partial charge in [0.15, 0.2) is 0 Å². The first-order valence-electron chi connectivity index (χ1n) is 7.02. The van der Waals surface area contributed by atoms with Gasteiger partial charge in [-0.1, -0.05) is 19.3 Å². The van der Waals surface area contributed by atoms with Crippen LogP contribution in [0.5, 0.6) is 0 Å². The number of hydrogen-bond acceptors (Lipinski definition) is 4. The summed E-state index contributed by atoms with van der Waals surface area (Å²) < 4.78 is 5.91. The van der Waals surface area contributed by atoms with E-state index in [1.807, 2.05) is 5.51 Å². The molecule has 0 bridgehead atoms. The Morgan fingerprint density at radius 3 is 2.89 bits per heavy atom. The highest BCUT2D eigenvalue weighted by molar-refractivity contribution is 7.09. The van der Waals surface area contributed by atoms with E-state index in [0.29, 0.717) is 12.1 Å². The van der Waals surface area contributed by atoms with E-state index in [9.17, 15) is 0 Å². The fourth-order valence-electron chi connectivity index (χ4n) is 2.55. The summed E-state index contributed by atoms with van der Waals surface area (Å²) in [5.41, 5.74) is 3.06. The van der Waals surface area contributed by atoms with Crippen molar-refractivity contribution in [3.05, 3.63) is 16.1 Å². The Balaban J connectivity index is 1.61. The molecule has 4 heteroatoms. The van der Waals surface area contributed by atoms with Crippen LogP contribution in [0.25, 0.3) is 0 Å². The van der Waals surface area contributed by atoms with Crippen LogP contribution in [0.4, 0.5) is 0 Å². The molecule has 1 aromatic rings. The zero-order chi connectivity index (χ0) is 12.8. The van der Waals surface area contributed by atoms with Gasteiger partial charge in [0.05, 0.1) is 23.9 Å². The average molecular weight is 268 g/mol. The molecule has 0 spiro atoms. The number of nitrogens with zero attached hydrogens (tertiary/aromatic N) is 1. The van der Waals surface area contributed by atoms with Gasteiger partial charge in [-0.25, -0.2) is 4.98 Å². The Morgan fingerprint density at radius 2 is 2.22 bits per heavy atom. The molecular weight excluding hydrogens is 244 g/mol. The van der Waals surface area contributed by atoms with E-state index >= 15 is 0 Å². The Hall–Kier alpha value is -0.450. The quantitative estimate of drug-likeness (QED) is 0.802. The summed E-state index contributed by atoms with van der Waals surface area (Å²) in [5.74, 6) is 0. The predicted molar refractivity (Wildman–Crippen MR) is 76.1 cm³/mol. The molecule has 1 N–H and O–H groups in total. The Labute approximate surface area is 114 Å². The lowest BCUT2D eigenvalue weighted by atomic mass is 9.98. The van der Waals surface area contributed by atoms with Crippen molar-refractivity contribution in [2.75, 3.05) is 13.2 Å². The molecule has 1 unspecified atom stereocenters. The van der Waals surface area contributed by atoms with Gasteiger partial charge in [-0.3, -0.25) is 0 Å². The van der Waals surface area contributed by atoms with Crippen molar-refractivity contribution in [3.8, 4) is 0 Å². The molecule has 0 saturated heterocycles. The molecule has 1 atom stereocenters. The van der Waals surface area contributed by atoms with Gasteiger partial charge in [-0.05, 0) is 26.7 Å². The summed E-state index contributed by atoms with van der Waals surface area (Å²) in [4.78, 5) is 5.63. The minimum Gasteiger partial charge on any atom is -0.377 e. The lowest BCUT2D eigenvalue weighted by Gasteiger charge is -2.22. The molecule has 1 aliphatic rings. The van der Waals surface area contributed by atoms with Gasteiger partial charge in [0, 0.05) is 17.5 Å². The van der Waals surface area contributed by atoms with E-state index < -0.39 is 0 Å². The first-order valence-corrected chi connectivity index (χ1v) is 7.90. The van der Waals surface area contributed by atoms with Crippen LogP contribution in [0.2, 0.25) is 0 Å². The van der Waals surface area contributed by atoms with Crippen molar-refractivity contribution in [1.82, 2.24) is 10.3 Å². The van der Waals surface area contributed by atoms with Gasteiger partial charge in [-0.15, -0.1) is 11.3 Å². The molecule has 0 amide bonds. The Kier molecular flexibility index (Phi) is 5.60. The van der Waals surface area contributed by atoms with E-state index in [1.54, 1.807) is 11.3 Å². The lowest BCUT2D eigenvalue weighted by Crippen LogP contribution is -2.26. The van der Waals surface area contributed by atoms with Crippen LogP contribution in [0.15, 0.2) is 5.51 Å². The Morgan fingerprint density at radius 1 is 1.44 bits per heavy atom. The lowest BCUT2D eigenvalue weighted by molar-refractivity contribution is 0.0295. The predicted octanol–water partition coefficient (Wildman–Crippen LogP) is 3.45. The second-order valence-electron chi connectivity index (χ2n) is 5.11. The first kappa shape index (κ1) is 14.0. The number of rotatable bonds is 6. The van der Waals surface area contributed by atoms with Crippen LogP contribution in [0, 0.1) is 6.92 Å². The maximum Gasteiger partial charge on any atom is 0.0798 e. The van der Waals surface area contributed by atoms with Gasteiger partial charge in [0.1, 0.15) is 0 Å². The van der Waals surface area contributed by atoms with E-state index in [1.165, 1.54) is 37.0 Å². The molecule has 1 heterocycles. The highest BCUT2D eigenvalue weighted by Gasteiger charge is 2.14. The molecule has 0 aliphatic heterocycles. The van der Waals surface area contributed by atoms with Crippen molar-refractivity contribution >= 4 is 11.3 Å². The van der Waals surface area contributed by atoms with E-state index in [-0.39, 0.29) is 0 Å². The summed E-state index contributed by atoms with van der Waals surface area (Å²) >= 11 is 1.73. The molecule has 1 fully saturated rings. The fourth-order valence-corrected chi connectivity index (χ4v) is 3.39. The maximum absolute atomic E-state index is 5.91. The van der Waals surface area contributed by atoms with Crippen LogP contribution in [-0.2, 0) is 4.74 Å². The molecule has 1 aliphatic carbocycles. The molecule has 1 saturated carbocycles. The van der Waals surface area contributed by atoms with E-state index in [2.05, 4.69) is 24.1 Å². The third-order valence-electron chi connectivity index (χ3n) is 3.63. The minimum absolute atomic E-state index is 0.382. The van der Waals surface area contributed by atoms with E-state index in [4.69, 9.17) is 4.74 Å². The molecule has 102 valence electrons. The van der Waals surface area contributed by atoms with Crippen LogP contribution in [0.1, 0.15) is 55.6 Å². The van der Waals surface area contributed by atoms with Gasteiger partial charge in [0.2, 0.25) is 0 Å². The largest absolute Gasteiger partial charge is 0.377 e. The van der Waals surface area contributed by atoms with Crippen molar-refractivity contribution in [2.45, 2.75) is 58.1 Å². The number of ether oxygens (including phenoxy) is 1. The Bertz CT molecular complexity index is 347. The molecule has 0 radical (unpaired) electrons. The van der Waals surface area contributed by atoms with Crippen molar-refractivity contribution in [2.24, 2.45) is 0 Å². The smallest absolute Gasteiger partial charge is 0.0798 e. The summed E-state index contributed by atoms with van der Waals surface area (Å²) in [7, 11) is 0. The number of thiazole rings is 1. The number of nitrogens with one attached hydrogen (secondary N) is 1. The SMILES string of the molecule is Cc1ncsc1C(C)NCCOC1CCCCC1. The second kappa shape index (κ2) is 7.22.